The number of benzene rings is 2. The number of hydrogen-bond acceptors (Lipinski definition) is 3. The maximum absolute atomic E-state index is 14.1. The Labute approximate surface area is 166 Å². The van der Waals surface area contributed by atoms with Gasteiger partial charge >= 0.3 is 0 Å². The number of nitrogens with two attached hydrogens (primary N) is 1. The zero-order chi connectivity index (χ0) is 21.1. The van der Waals surface area contributed by atoms with Crippen LogP contribution in [-0.4, -0.2) is 16.8 Å². The Morgan fingerprint density at radius 1 is 1.14 bits per heavy atom. The Morgan fingerprint density at radius 3 is 2.45 bits per heavy atom. The molecule has 0 aliphatic carbocycles. The van der Waals surface area contributed by atoms with E-state index in [-0.39, 0.29) is 22.7 Å². The van der Waals surface area contributed by atoms with E-state index < -0.39 is 23.2 Å². The summed E-state index contributed by atoms with van der Waals surface area (Å²) in [5.41, 5.74) is 5.74. The number of primary amides is 1. The van der Waals surface area contributed by atoms with Crippen molar-refractivity contribution in [2.24, 2.45) is 5.73 Å². The molecule has 2 amide bonds. The van der Waals surface area contributed by atoms with E-state index in [1.54, 1.807) is 18.2 Å². The smallest absolute Gasteiger partial charge is 0.261 e. The number of halogens is 1. The predicted octanol–water partition coefficient (Wildman–Crippen LogP) is 3.92. The van der Waals surface area contributed by atoms with Gasteiger partial charge < -0.3 is 16.0 Å². The molecule has 2 aromatic carbocycles. The monoisotopic (exact) mass is 395 g/mol. The van der Waals surface area contributed by atoms with Crippen LogP contribution in [0.1, 0.15) is 58.9 Å². The Morgan fingerprint density at radius 2 is 1.83 bits per heavy atom. The molecule has 0 fully saturated rings. The van der Waals surface area contributed by atoms with Crippen molar-refractivity contribution < 1.29 is 14.0 Å². The van der Waals surface area contributed by atoms with Gasteiger partial charge in [0.2, 0.25) is 0 Å². The first kappa shape index (κ1) is 20.3. The van der Waals surface area contributed by atoms with Gasteiger partial charge in [0.1, 0.15) is 11.4 Å². The molecule has 0 saturated heterocycles. The number of hydrogen-bond donors (Lipinski definition) is 3. The lowest BCUT2D eigenvalue weighted by atomic mass is 9.88. The maximum Gasteiger partial charge on any atom is 0.261 e. The number of para-hydroxylation sites is 1. The number of rotatable bonds is 6. The first-order valence-electron chi connectivity index (χ1n) is 9.42. The minimum Gasteiger partial charge on any atom is -0.365 e. The summed E-state index contributed by atoms with van der Waals surface area (Å²) in [6.45, 7) is 4.02. The zero-order valence-electron chi connectivity index (χ0n) is 16.2. The molecule has 0 spiro atoms. The standard InChI is InChI=1S/C22H22FN3O3/c1-3-12(4-2)14-10-9-13-11-15(20(24)27)21(28)26-19(13)18(14)22(29)25-17-8-6-5-7-16(17)23/h5-12H,3-4H2,1-2H3,(H2,24,27)(H,25,29)(H,26,28). The molecule has 0 aliphatic rings. The van der Waals surface area contributed by atoms with Gasteiger partial charge in [0.15, 0.2) is 0 Å². The van der Waals surface area contributed by atoms with E-state index in [2.05, 4.69) is 10.3 Å². The second kappa shape index (κ2) is 8.26. The van der Waals surface area contributed by atoms with Crippen molar-refractivity contribution in [1.29, 1.82) is 0 Å². The predicted molar refractivity (Wildman–Crippen MR) is 111 cm³/mol. The lowest BCUT2D eigenvalue weighted by Crippen LogP contribution is -2.25. The first-order chi connectivity index (χ1) is 13.9. The maximum atomic E-state index is 14.1. The molecule has 150 valence electrons. The van der Waals surface area contributed by atoms with Crippen molar-refractivity contribution in [2.75, 3.05) is 5.32 Å². The van der Waals surface area contributed by atoms with Crippen LogP contribution in [0.5, 0.6) is 0 Å². The van der Waals surface area contributed by atoms with Crippen LogP contribution >= 0.6 is 0 Å². The average Bonchev–Trinajstić information content (AvgIpc) is 2.69. The molecular formula is C22H22FN3O3. The van der Waals surface area contributed by atoms with Crippen molar-refractivity contribution in [1.82, 2.24) is 4.98 Å². The van der Waals surface area contributed by atoms with Crippen molar-refractivity contribution in [2.45, 2.75) is 32.6 Å². The van der Waals surface area contributed by atoms with Crippen LogP contribution in [-0.2, 0) is 0 Å². The number of carbonyl (C=O) groups excluding carboxylic acids is 2. The number of aromatic amines is 1. The van der Waals surface area contributed by atoms with E-state index in [4.69, 9.17) is 5.73 Å². The number of anilines is 1. The highest BCUT2D eigenvalue weighted by molar-refractivity contribution is 6.13. The largest absolute Gasteiger partial charge is 0.365 e. The van der Waals surface area contributed by atoms with Gasteiger partial charge in [0.05, 0.1) is 16.8 Å². The van der Waals surface area contributed by atoms with Crippen molar-refractivity contribution >= 4 is 28.4 Å². The molecule has 0 bridgehead atoms. The molecular weight excluding hydrogens is 373 g/mol. The number of fused-ring (bicyclic) bond motifs is 1. The fraction of sp³-hybridized carbons (Fsp3) is 0.227. The highest BCUT2D eigenvalue weighted by atomic mass is 19.1. The summed E-state index contributed by atoms with van der Waals surface area (Å²) in [4.78, 5) is 39.6. The number of amides is 2. The van der Waals surface area contributed by atoms with Crippen LogP contribution in [0.15, 0.2) is 47.3 Å². The van der Waals surface area contributed by atoms with E-state index in [1.807, 2.05) is 13.8 Å². The molecule has 0 atom stereocenters. The SMILES string of the molecule is CCC(CC)c1ccc2cc(C(N)=O)c(=O)[nH]c2c1C(=O)Nc1ccccc1F. The molecule has 3 aromatic rings. The third-order valence-electron chi connectivity index (χ3n) is 5.09. The fourth-order valence-electron chi connectivity index (χ4n) is 3.54. The second-order valence-electron chi connectivity index (χ2n) is 6.82. The number of aromatic nitrogens is 1. The molecule has 6 nitrogen and oxygen atoms in total. The van der Waals surface area contributed by atoms with Gasteiger partial charge in [-0.1, -0.05) is 38.1 Å². The number of carbonyl (C=O) groups is 2. The lowest BCUT2D eigenvalue weighted by molar-refractivity contribution is 0.0997. The molecule has 7 heteroatoms. The van der Waals surface area contributed by atoms with E-state index in [0.717, 1.165) is 18.4 Å². The second-order valence-corrected chi connectivity index (χ2v) is 6.82. The Kier molecular flexibility index (Phi) is 5.77. The summed E-state index contributed by atoms with van der Waals surface area (Å²) in [6, 6.07) is 10.8. The normalized spacial score (nSPS) is 11.0. The zero-order valence-corrected chi connectivity index (χ0v) is 16.2. The quantitative estimate of drug-likeness (QED) is 0.589. The third-order valence-corrected chi connectivity index (χ3v) is 5.09. The molecule has 3 rings (SSSR count). The summed E-state index contributed by atoms with van der Waals surface area (Å²) < 4.78 is 14.1. The first-order valence-corrected chi connectivity index (χ1v) is 9.42. The molecule has 0 radical (unpaired) electrons. The molecule has 4 N–H and O–H groups in total. The van der Waals surface area contributed by atoms with Crippen LogP contribution in [0.25, 0.3) is 10.9 Å². The molecule has 0 unspecified atom stereocenters. The minimum absolute atomic E-state index is 0.0427. The topological polar surface area (TPSA) is 105 Å². The molecule has 0 saturated carbocycles. The summed E-state index contributed by atoms with van der Waals surface area (Å²) in [5, 5.41) is 3.08. The Bertz CT molecular complexity index is 1150. The van der Waals surface area contributed by atoms with Gasteiger partial charge in [0, 0.05) is 0 Å². The van der Waals surface area contributed by atoms with Crippen LogP contribution in [0.4, 0.5) is 10.1 Å². The van der Waals surface area contributed by atoms with Gasteiger partial charge in [-0.2, -0.15) is 0 Å². The van der Waals surface area contributed by atoms with Crippen LogP contribution in [0.3, 0.4) is 0 Å². The molecule has 1 aromatic heterocycles. The number of nitrogens with one attached hydrogen (secondary N) is 2. The summed E-state index contributed by atoms with van der Waals surface area (Å²) in [7, 11) is 0. The van der Waals surface area contributed by atoms with Crippen molar-refractivity contribution in [3.8, 4) is 0 Å². The van der Waals surface area contributed by atoms with Gasteiger partial charge in [0.25, 0.3) is 17.4 Å². The van der Waals surface area contributed by atoms with Crippen molar-refractivity contribution in [3.05, 3.63) is 75.3 Å². The lowest BCUT2D eigenvalue weighted by Gasteiger charge is -2.19. The highest BCUT2D eigenvalue weighted by Gasteiger charge is 2.23. The fourth-order valence-corrected chi connectivity index (χ4v) is 3.54. The van der Waals surface area contributed by atoms with Crippen LogP contribution in [0.2, 0.25) is 0 Å². The average molecular weight is 395 g/mol. The third kappa shape index (κ3) is 3.89. The summed E-state index contributed by atoms with van der Waals surface area (Å²) in [5.74, 6) is -1.88. The summed E-state index contributed by atoms with van der Waals surface area (Å²) in [6.07, 6.45) is 1.57. The van der Waals surface area contributed by atoms with E-state index in [1.165, 1.54) is 24.3 Å². The van der Waals surface area contributed by atoms with E-state index in [9.17, 15) is 18.8 Å². The van der Waals surface area contributed by atoms with Crippen LogP contribution in [0, 0.1) is 5.82 Å². The van der Waals surface area contributed by atoms with E-state index in [0.29, 0.717) is 10.9 Å². The van der Waals surface area contributed by atoms with Gasteiger partial charge in [-0.05, 0) is 47.9 Å². The summed E-state index contributed by atoms with van der Waals surface area (Å²) >= 11 is 0. The minimum atomic E-state index is -0.852. The van der Waals surface area contributed by atoms with Gasteiger partial charge in [-0.25, -0.2) is 4.39 Å². The van der Waals surface area contributed by atoms with Gasteiger partial charge in [-0.15, -0.1) is 0 Å². The van der Waals surface area contributed by atoms with E-state index >= 15 is 0 Å². The number of pyridine rings is 1. The van der Waals surface area contributed by atoms with Crippen molar-refractivity contribution in [3.63, 3.8) is 0 Å². The number of H-pyrrole nitrogens is 1. The van der Waals surface area contributed by atoms with Gasteiger partial charge in [-0.3, -0.25) is 14.4 Å². The molecule has 29 heavy (non-hydrogen) atoms. The Balaban J connectivity index is 2.24. The molecule has 1 heterocycles. The van der Waals surface area contributed by atoms with Crippen LogP contribution < -0.4 is 16.6 Å². The Hall–Kier alpha value is -3.48. The highest BCUT2D eigenvalue weighted by Crippen LogP contribution is 2.31. The molecule has 0 aliphatic heterocycles.